The molecule has 1 aliphatic carbocycles. The number of nitrogens with zero attached hydrogens (tertiary/aromatic N) is 1. The molecule has 2 unspecified atom stereocenters. The summed E-state index contributed by atoms with van der Waals surface area (Å²) in [6, 6.07) is 10.2. The van der Waals surface area contributed by atoms with Gasteiger partial charge in [0.15, 0.2) is 0 Å². The van der Waals surface area contributed by atoms with Gasteiger partial charge in [-0.2, -0.15) is 5.10 Å². The molecular weight excluding hydrogens is 244 g/mol. The van der Waals surface area contributed by atoms with E-state index in [0.717, 1.165) is 17.0 Å². The molecule has 92 valence electrons. The Labute approximate surface area is 110 Å². The van der Waals surface area contributed by atoms with E-state index < -0.39 is 0 Å². The van der Waals surface area contributed by atoms with E-state index in [1.807, 2.05) is 30.4 Å². The number of thioether (sulfide) groups is 1. The van der Waals surface area contributed by atoms with Crippen molar-refractivity contribution in [1.29, 1.82) is 0 Å². The number of hydrogen-bond acceptors (Lipinski definition) is 4. The van der Waals surface area contributed by atoms with E-state index in [-0.39, 0.29) is 5.37 Å². The van der Waals surface area contributed by atoms with Crippen LogP contribution in [0.4, 0.5) is 0 Å². The first kappa shape index (κ1) is 11.4. The van der Waals surface area contributed by atoms with Crippen LogP contribution in [0.1, 0.15) is 12.0 Å². The third-order valence-electron chi connectivity index (χ3n) is 3.05. The summed E-state index contributed by atoms with van der Waals surface area (Å²) in [4.78, 5) is 0. The molecule has 0 amide bonds. The summed E-state index contributed by atoms with van der Waals surface area (Å²) in [7, 11) is 0. The normalized spacial score (nSPS) is 26.4. The van der Waals surface area contributed by atoms with Crippen molar-refractivity contribution in [3.63, 3.8) is 0 Å². The number of rotatable bonds is 2. The summed E-state index contributed by atoms with van der Waals surface area (Å²) in [6.07, 6.45) is 6.51. The van der Waals surface area contributed by atoms with Gasteiger partial charge in [0.2, 0.25) is 0 Å². The van der Waals surface area contributed by atoms with Crippen molar-refractivity contribution in [3.05, 3.63) is 59.9 Å². The Balaban J connectivity index is 1.67. The van der Waals surface area contributed by atoms with E-state index in [1.54, 1.807) is 17.8 Å². The SMILES string of the molecule is OC1=CCC(C2NN=C(c3ccccc3)S2)C=C1. The fourth-order valence-electron chi connectivity index (χ4n) is 2.04. The van der Waals surface area contributed by atoms with E-state index in [1.165, 1.54) is 0 Å². The third kappa shape index (κ3) is 2.29. The number of aliphatic hydroxyl groups excluding tert-OH is 1. The van der Waals surface area contributed by atoms with Crippen molar-refractivity contribution in [2.75, 3.05) is 0 Å². The van der Waals surface area contributed by atoms with Gasteiger partial charge < -0.3 is 5.11 Å². The first-order valence-electron chi connectivity index (χ1n) is 5.95. The van der Waals surface area contributed by atoms with Crippen LogP contribution in [0, 0.1) is 5.92 Å². The zero-order valence-corrected chi connectivity index (χ0v) is 10.6. The van der Waals surface area contributed by atoms with Crippen molar-refractivity contribution in [3.8, 4) is 0 Å². The minimum atomic E-state index is 0.251. The number of nitrogens with one attached hydrogen (secondary N) is 1. The Morgan fingerprint density at radius 2 is 2.11 bits per heavy atom. The number of allylic oxidation sites excluding steroid dienone is 2. The molecule has 3 nitrogen and oxygen atoms in total. The Hall–Kier alpha value is -1.68. The highest BCUT2D eigenvalue weighted by molar-refractivity contribution is 8.15. The monoisotopic (exact) mass is 258 g/mol. The Morgan fingerprint density at radius 1 is 1.28 bits per heavy atom. The van der Waals surface area contributed by atoms with Gasteiger partial charge in [0, 0.05) is 11.5 Å². The fraction of sp³-hybridized carbons (Fsp3) is 0.214. The lowest BCUT2D eigenvalue weighted by Crippen LogP contribution is -2.25. The molecule has 1 aliphatic heterocycles. The van der Waals surface area contributed by atoms with Crippen LogP contribution in [-0.4, -0.2) is 15.5 Å². The van der Waals surface area contributed by atoms with Crippen molar-refractivity contribution in [2.24, 2.45) is 11.0 Å². The number of aliphatic hydroxyl groups is 1. The minimum absolute atomic E-state index is 0.251. The largest absolute Gasteiger partial charge is 0.508 e. The van der Waals surface area contributed by atoms with Crippen molar-refractivity contribution in [1.82, 2.24) is 5.43 Å². The predicted octanol–water partition coefficient (Wildman–Crippen LogP) is 3.03. The van der Waals surface area contributed by atoms with Gasteiger partial charge in [0.25, 0.3) is 0 Å². The van der Waals surface area contributed by atoms with Crippen LogP contribution in [0.15, 0.2) is 59.4 Å². The molecule has 1 aromatic rings. The molecule has 0 aromatic heterocycles. The summed E-state index contributed by atoms with van der Waals surface area (Å²) in [5, 5.41) is 15.0. The molecule has 3 rings (SSSR count). The predicted molar refractivity (Wildman–Crippen MR) is 75.5 cm³/mol. The third-order valence-corrected chi connectivity index (χ3v) is 4.31. The number of hydrazone groups is 1. The molecule has 0 saturated carbocycles. The van der Waals surface area contributed by atoms with E-state index in [2.05, 4.69) is 22.7 Å². The maximum atomic E-state index is 9.32. The molecular formula is C14H14N2OS. The van der Waals surface area contributed by atoms with Crippen LogP contribution in [0.5, 0.6) is 0 Å². The molecule has 1 heterocycles. The van der Waals surface area contributed by atoms with Gasteiger partial charge in [-0.05, 0) is 18.6 Å². The highest BCUT2D eigenvalue weighted by atomic mass is 32.2. The van der Waals surface area contributed by atoms with E-state index >= 15 is 0 Å². The first-order chi connectivity index (χ1) is 8.83. The molecule has 18 heavy (non-hydrogen) atoms. The van der Waals surface area contributed by atoms with Crippen molar-refractivity contribution >= 4 is 16.8 Å². The van der Waals surface area contributed by atoms with Crippen LogP contribution in [0.25, 0.3) is 0 Å². The van der Waals surface area contributed by atoms with Crippen molar-refractivity contribution in [2.45, 2.75) is 11.8 Å². The maximum absolute atomic E-state index is 9.32. The van der Waals surface area contributed by atoms with Crippen LogP contribution < -0.4 is 5.43 Å². The van der Waals surface area contributed by atoms with Crippen LogP contribution in [-0.2, 0) is 0 Å². The fourth-order valence-corrected chi connectivity index (χ4v) is 3.14. The van der Waals surface area contributed by atoms with Gasteiger partial charge in [0.1, 0.15) is 16.2 Å². The van der Waals surface area contributed by atoms with Crippen LogP contribution in [0.3, 0.4) is 0 Å². The lowest BCUT2D eigenvalue weighted by Gasteiger charge is -2.20. The zero-order valence-electron chi connectivity index (χ0n) is 9.78. The summed E-state index contributed by atoms with van der Waals surface area (Å²) in [5.74, 6) is 0.731. The van der Waals surface area contributed by atoms with Gasteiger partial charge in [-0.3, -0.25) is 5.43 Å². The lowest BCUT2D eigenvalue weighted by molar-refractivity contribution is 0.417. The molecule has 0 radical (unpaired) electrons. The van der Waals surface area contributed by atoms with E-state index in [4.69, 9.17) is 0 Å². The molecule has 0 fully saturated rings. The average Bonchev–Trinajstić information content (AvgIpc) is 2.90. The van der Waals surface area contributed by atoms with Crippen LogP contribution >= 0.6 is 11.8 Å². The highest BCUT2D eigenvalue weighted by Gasteiger charge is 2.27. The second-order valence-corrected chi connectivity index (χ2v) is 5.47. The molecule has 2 N–H and O–H groups in total. The Kier molecular flexibility index (Phi) is 3.11. The highest BCUT2D eigenvalue weighted by Crippen LogP contribution is 2.31. The van der Waals surface area contributed by atoms with Crippen LogP contribution in [0.2, 0.25) is 0 Å². The van der Waals surface area contributed by atoms with Gasteiger partial charge in [-0.25, -0.2) is 0 Å². The smallest absolute Gasteiger partial charge is 0.125 e. The second-order valence-electron chi connectivity index (χ2n) is 4.34. The molecule has 0 bridgehead atoms. The molecule has 4 heteroatoms. The second kappa shape index (κ2) is 4.90. The summed E-state index contributed by atoms with van der Waals surface area (Å²) >= 11 is 1.75. The number of hydrogen-bond donors (Lipinski definition) is 2. The lowest BCUT2D eigenvalue weighted by atomic mass is 10.0. The molecule has 2 aliphatic rings. The maximum Gasteiger partial charge on any atom is 0.125 e. The van der Waals surface area contributed by atoms with E-state index in [9.17, 15) is 5.11 Å². The minimum Gasteiger partial charge on any atom is -0.508 e. The summed E-state index contributed by atoms with van der Waals surface area (Å²) in [6.45, 7) is 0. The summed E-state index contributed by atoms with van der Waals surface area (Å²) < 4.78 is 0. The van der Waals surface area contributed by atoms with Crippen molar-refractivity contribution < 1.29 is 5.11 Å². The topological polar surface area (TPSA) is 44.6 Å². The van der Waals surface area contributed by atoms with Gasteiger partial charge in [0.05, 0.1) is 0 Å². The summed E-state index contributed by atoms with van der Waals surface area (Å²) in [5.41, 5.74) is 4.33. The Morgan fingerprint density at radius 3 is 2.83 bits per heavy atom. The number of benzene rings is 1. The quantitative estimate of drug-likeness (QED) is 0.857. The Bertz CT molecular complexity index is 522. The zero-order chi connectivity index (χ0) is 12.4. The standard InChI is InChI=1S/C14H14N2OS/c17-12-8-6-11(7-9-12)14-16-15-13(18-14)10-4-2-1-3-5-10/h1-6,8-9,11,14,16-17H,7H2. The van der Waals surface area contributed by atoms with Gasteiger partial charge >= 0.3 is 0 Å². The average molecular weight is 258 g/mol. The molecule has 2 atom stereocenters. The molecule has 1 aromatic carbocycles. The van der Waals surface area contributed by atoms with Gasteiger partial charge in [-0.1, -0.05) is 48.2 Å². The van der Waals surface area contributed by atoms with E-state index in [0.29, 0.717) is 11.7 Å². The molecule has 0 spiro atoms. The first-order valence-corrected chi connectivity index (χ1v) is 6.83. The molecule has 0 saturated heterocycles. The van der Waals surface area contributed by atoms with Gasteiger partial charge in [-0.15, -0.1) is 0 Å².